The number of nitrogens with one attached hydrogen (secondary N) is 1. The van der Waals surface area contributed by atoms with Crippen LogP contribution in [0.1, 0.15) is 18.5 Å². The Morgan fingerprint density at radius 3 is 2.18 bits per heavy atom. The number of benzene rings is 2. The first kappa shape index (κ1) is 19.9. The van der Waals surface area contributed by atoms with Gasteiger partial charge in [0.15, 0.2) is 5.11 Å². The Morgan fingerprint density at radius 1 is 1.07 bits per heavy atom. The van der Waals surface area contributed by atoms with Crippen LogP contribution in [0.15, 0.2) is 53.7 Å². The molecule has 0 fully saturated rings. The number of thiocarbonyl (C=S) groups is 1. The fourth-order valence-corrected chi connectivity index (χ4v) is 3.53. The molecule has 28 heavy (non-hydrogen) atoms. The molecule has 0 bridgehead atoms. The summed E-state index contributed by atoms with van der Waals surface area (Å²) in [6, 6.07) is 7.96. The molecule has 8 heteroatoms. The van der Waals surface area contributed by atoms with Gasteiger partial charge in [-0.3, -0.25) is 9.69 Å². The summed E-state index contributed by atoms with van der Waals surface area (Å²) in [6.45, 7) is 1.64. The van der Waals surface area contributed by atoms with E-state index in [1.165, 1.54) is 35.2 Å². The number of nitrogens with zero attached hydrogens (tertiary/aromatic N) is 2. The van der Waals surface area contributed by atoms with Gasteiger partial charge in [0.05, 0.1) is 17.2 Å². The van der Waals surface area contributed by atoms with Gasteiger partial charge in [0.2, 0.25) is 0 Å². The molecule has 4 nitrogen and oxygen atoms in total. The first-order valence-electron chi connectivity index (χ1n) is 8.45. The van der Waals surface area contributed by atoms with Crippen LogP contribution in [0, 0.1) is 17.5 Å². The molecule has 0 saturated carbocycles. The van der Waals surface area contributed by atoms with E-state index in [0.29, 0.717) is 11.4 Å². The molecule has 2 aromatic rings. The minimum Gasteiger partial charge on any atom is -0.351 e. The van der Waals surface area contributed by atoms with Crippen LogP contribution in [0.4, 0.5) is 18.9 Å². The third-order valence-electron chi connectivity index (χ3n) is 4.49. The topological polar surface area (TPSA) is 35.6 Å². The lowest BCUT2D eigenvalue weighted by Gasteiger charge is -2.38. The molecule has 1 atom stereocenters. The van der Waals surface area contributed by atoms with Crippen molar-refractivity contribution in [3.8, 4) is 0 Å². The van der Waals surface area contributed by atoms with Gasteiger partial charge in [-0.05, 0) is 55.5 Å². The Balaban J connectivity index is 2.22. The van der Waals surface area contributed by atoms with E-state index in [1.54, 1.807) is 25.9 Å². The van der Waals surface area contributed by atoms with Gasteiger partial charge in [0.25, 0.3) is 5.91 Å². The summed E-state index contributed by atoms with van der Waals surface area (Å²) in [7, 11) is 3.10. The number of hydrogen-bond acceptors (Lipinski definition) is 2. The summed E-state index contributed by atoms with van der Waals surface area (Å²) in [6.07, 6.45) is 0. The molecule has 0 unspecified atom stereocenters. The van der Waals surface area contributed by atoms with Gasteiger partial charge in [-0.15, -0.1) is 0 Å². The minimum absolute atomic E-state index is 0.145. The minimum atomic E-state index is -1.10. The number of carbonyl (C=O) groups is 1. The third kappa shape index (κ3) is 3.47. The maximum atomic E-state index is 14.5. The van der Waals surface area contributed by atoms with Crippen LogP contribution in [0.2, 0.25) is 0 Å². The fourth-order valence-electron chi connectivity index (χ4n) is 3.17. The van der Waals surface area contributed by atoms with E-state index in [4.69, 9.17) is 12.2 Å². The van der Waals surface area contributed by atoms with E-state index in [-0.39, 0.29) is 16.2 Å². The second kappa shape index (κ2) is 7.63. The molecule has 1 heterocycles. The molecule has 0 aromatic heterocycles. The van der Waals surface area contributed by atoms with Crippen molar-refractivity contribution < 1.29 is 18.0 Å². The van der Waals surface area contributed by atoms with Crippen LogP contribution in [-0.2, 0) is 4.79 Å². The van der Waals surface area contributed by atoms with Crippen molar-refractivity contribution in [2.45, 2.75) is 13.0 Å². The second-order valence-corrected chi connectivity index (χ2v) is 6.92. The van der Waals surface area contributed by atoms with Gasteiger partial charge in [-0.2, -0.15) is 0 Å². The normalized spacial score (nSPS) is 16.9. The number of carbonyl (C=O) groups excluding carboxylic acids is 1. The standard InChI is InChI=1S/C20H18F3N3OS/c1-11-16(19(27)25(2)3)18(17-14(22)5-4-6-15(17)23)24-20(28)26(11)13-9-7-12(21)8-10-13/h4-10,18H,1-3H3,(H,24,28)/t18-/m0/s1. The number of rotatable bonds is 3. The summed E-state index contributed by atoms with van der Waals surface area (Å²) in [5.74, 6) is -2.41. The molecule has 1 amide bonds. The summed E-state index contributed by atoms with van der Waals surface area (Å²) < 4.78 is 42.2. The number of halogens is 3. The van der Waals surface area contributed by atoms with Crippen molar-refractivity contribution in [2.24, 2.45) is 0 Å². The number of amides is 1. The van der Waals surface area contributed by atoms with Crippen molar-refractivity contribution >= 4 is 28.9 Å². The summed E-state index contributed by atoms with van der Waals surface area (Å²) >= 11 is 5.40. The Morgan fingerprint density at radius 2 is 1.64 bits per heavy atom. The summed E-state index contributed by atoms with van der Waals surface area (Å²) in [5.41, 5.74) is 0.787. The molecule has 3 rings (SSSR count). The van der Waals surface area contributed by atoms with Crippen molar-refractivity contribution in [2.75, 3.05) is 19.0 Å². The largest absolute Gasteiger partial charge is 0.351 e. The zero-order chi connectivity index (χ0) is 20.6. The quantitative estimate of drug-likeness (QED) is 0.786. The Kier molecular flexibility index (Phi) is 5.42. The zero-order valence-electron chi connectivity index (χ0n) is 15.5. The lowest BCUT2D eigenvalue weighted by atomic mass is 9.93. The highest BCUT2D eigenvalue weighted by Gasteiger charge is 2.37. The highest BCUT2D eigenvalue weighted by atomic mass is 32.1. The SMILES string of the molecule is CC1=C(C(=O)N(C)C)[C@@H](c2c(F)cccc2F)NC(=S)N1c1ccc(F)cc1. The third-order valence-corrected chi connectivity index (χ3v) is 4.80. The summed E-state index contributed by atoms with van der Waals surface area (Å²) in [4.78, 5) is 15.8. The highest BCUT2D eigenvalue weighted by molar-refractivity contribution is 7.80. The van der Waals surface area contributed by atoms with Gasteiger partial charge >= 0.3 is 0 Å². The van der Waals surface area contributed by atoms with Crippen molar-refractivity contribution in [3.63, 3.8) is 0 Å². The predicted molar refractivity (Wildman–Crippen MR) is 105 cm³/mol. The van der Waals surface area contributed by atoms with Gasteiger partial charge in [-0.1, -0.05) is 6.07 Å². The molecule has 146 valence electrons. The molecule has 0 aliphatic carbocycles. The Labute approximate surface area is 166 Å². The number of hydrogen-bond donors (Lipinski definition) is 1. The van der Waals surface area contributed by atoms with Gasteiger partial charge in [0, 0.05) is 25.5 Å². The molecule has 2 aromatic carbocycles. The Bertz CT molecular complexity index is 953. The van der Waals surface area contributed by atoms with Gasteiger partial charge in [0.1, 0.15) is 17.5 Å². The van der Waals surface area contributed by atoms with Gasteiger partial charge < -0.3 is 10.2 Å². The number of likely N-dealkylation sites (N-methyl/N-ethyl adjacent to an activating group) is 1. The van der Waals surface area contributed by atoms with E-state index >= 15 is 0 Å². The van der Waals surface area contributed by atoms with E-state index in [1.807, 2.05) is 0 Å². The smallest absolute Gasteiger partial charge is 0.253 e. The van der Waals surface area contributed by atoms with Crippen molar-refractivity contribution in [1.82, 2.24) is 10.2 Å². The molecule has 1 aliphatic heterocycles. The predicted octanol–water partition coefficient (Wildman–Crippen LogP) is 3.90. The van der Waals surface area contributed by atoms with Crippen LogP contribution < -0.4 is 10.2 Å². The molecule has 1 N–H and O–H groups in total. The van der Waals surface area contributed by atoms with Crippen LogP contribution >= 0.6 is 12.2 Å². The van der Waals surface area contributed by atoms with Crippen molar-refractivity contribution in [1.29, 1.82) is 0 Å². The average Bonchev–Trinajstić information content (AvgIpc) is 2.62. The molecular formula is C20H18F3N3OS. The van der Waals surface area contributed by atoms with Crippen LogP contribution in [0.3, 0.4) is 0 Å². The van der Waals surface area contributed by atoms with Crippen LogP contribution in [0.5, 0.6) is 0 Å². The lowest BCUT2D eigenvalue weighted by molar-refractivity contribution is -0.125. The maximum Gasteiger partial charge on any atom is 0.253 e. The van der Waals surface area contributed by atoms with E-state index in [9.17, 15) is 18.0 Å². The maximum absolute atomic E-state index is 14.5. The number of allylic oxidation sites excluding steroid dienone is 1. The Hall–Kier alpha value is -2.87. The molecule has 0 radical (unpaired) electrons. The first-order chi connectivity index (χ1) is 13.2. The van der Waals surface area contributed by atoms with Crippen LogP contribution in [0.25, 0.3) is 0 Å². The summed E-state index contributed by atoms with van der Waals surface area (Å²) in [5, 5.41) is 3.02. The van der Waals surface area contributed by atoms with Crippen LogP contribution in [-0.4, -0.2) is 30.0 Å². The average molecular weight is 405 g/mol. The zero-order valence-corrected chi connectivity index (χ0v) is 16.3. The molecule has 0 saturated heterocycles. The van der Waals surface area contributed by atoms with E-state index < -0.39 is 29.4 Å². The second-order valence-electron chi connectivity index (χ2n) is 6.53. The fraction of sp³-hybridized carbons (Fsp3) is 0.200. The van der Waals surface area contributed by atoms with E-state index in [0.717, 1.165) is 12.1 Å². The molecule has 1 aliphatic rings. The number of anilines is 1. The molecular weight excluding hydrogens is 387 g/mol. The lowest BCUT2D eigenvalue weighted by Crippen LogP contribution is -2.49. The van der Waals surface area contributed by atoms with Crippen molar-refractivity contribution in [3.05, 3.63) is 76.7 Å². The monoisotopic (exact) mass is 405 g/mol. The first-order valence-corrected chi connectivity index (χ1v) is 8.85. The van der Waals surface area contributed by atoms with Gasteiger partial charge in [-0.25, -0.2) is 13.2 Å². The highest BCUT2D eigenvalue weighted by Crippen LogP contribution is 2.36. The van der Waals surface area contributed by atoms with E-state index in [2.05, 4.69) is 5.32 Å². The molecule has 0 spiro atoms.